The molecular weight excluding hydrogens is 336 g/mol. The number of methoxy groups -OCH3 is 1. The van der Waals surface area contributed by atoms with Gasteiger partial charge in [0.15, 0.2) is 0 Å². The fourth-order valence-corrected chi connectivity index (χ4v) is 3.96. The molecule has 3 rings (SSSR count). The summed E-state index contributed by atoms with van der Waals surface area (Å²) in [6.45, 7) is -2.68. The number of carbonyl (C=O) groups excluding carboxylic acids is 1. The minimum Gasteiger partial charge on any atom is -0.497 e. The van der Waals surface area contributed by atoms with Crippen LogP contribution in [0.15, 0.2) is 18.2 Å². The molecule has 0 spiro atoms. The van der Waals surface area contributed by atoms with E-state index in [1.54, 1.807) is 0 Å². The zero-order chi connectivity index (χ0) is 18.2. The third kappa shape index (κ3) is 3.01. The number of carbonyl (C=O) groups is 2. The maximum absolute atomic E-state index is 12.8. The SMILES string of the molecule is COc1ccc(C(=O)N2C[C@@H]3CCC[C@@]3(C(=O)O)C2)c(OC(F)F)c1. The minimum absolute atomic E-state index is 0.0263. The molecule has 25 heavy (non-hydrogen) atoms. The van der Waals surface area contributed by atoms with Crippen LogP contribution in [0.25, 0.3) is 0 Å². The van der Waals surface area contributed by atoms with Gasteiger partial charge in [-0.3, -0.25) is 9.59 Å². The topological polar surface area (TPSA) is 76.1 Å². The van der Waals surface area contributed by atoms with Crippen molar-refractivity contribution in [2.24, 2.45) is 11.3 Å². The highest BCUT2D eigenvalue weighted by atomic mass is 19.3. The van der Waals surface area contributed by atoms with Crippen LogP contribution in [0.5, 0.6) is 11.5 Å². The molecule has 2 fully saturated rings. The van der Waals surface area contributed by atoms with Gasteiger partial charge in [0.05, 0.1) is 18.1 Å². The lowest BCUT2D eigenvalue weighted by molar-refractivity contribution is -0.149. The van der Waals surface area contributed by atoms with Crippen LogP contribution in [0.3, 0.4) is 0 Å². The van der Waals surface area contributed by atoms with E-state index in [0.29, 0.717) is 13.0 Å². The highest BCUT2D eigenvalue weighted by molar-refractivity contribution is 5.98. The largest absolute Gasteiger partial charge is 0.497 e. The van der Waals surface area contributed by atoms with Crippen LogP contribution in [0.2, 0.25) is 0 Å². The quantitative estimate of drug-likeness (QED) is 0.879. The van der Waals surface area contributed by atoms with E-state index in [4.69, 9.17) is 4.74 Å². The zero-order valence-corrected chi connectivity index (χ0v) is 13.7. The number of fused-ring (bicyclic) bond motifs is 1. The molecule has 8 heteroatoms. The number of hydrogen-bond donors (Lipinski definition) is 1. The Labute approximate surface area is 143 Å². The van der Waals surface area contributed by atoms with Crippen molar-refractivity contribution in [3.63, 3.8) is 0 Å². The van der Waals surface area contributed by atoms with E-state index in [0.717, 1.165) is 12.8 Å². The van der Waals surface area contributed by atoms with Gasteiger partial charge in [-0.2, -0.15) is 8.78 Å². The molecular formula is C17H19F2NO5. The van der Waals surface area contributed by atoms with Crippen LogP contribution >= 0.6 is 0 Å². The molecule has 0 radical (unpaired) electrons. The summed E-state index contributed by atoms with van der Waals surface area (Å²) in [5.41, 5.74) is -0.951. The second-order valence-electron chi connectivity index (χ2n) is 6.48. The number of halogens is 2. The van der Waals surface area contributed by atoms with Crippen molar-refractivity contribution in [1.82, 2.24) is 4.90 Å². The first-order valence-corrected chi connectivity index (χ1v) is 8.03. The Morgan fingerprint density at radius 2 is 2.16 bits per heavy atom. The molecule has 1 aromatic rings. The number of likely N-dealkylation sites (tertiary alicyclic amines) is 1. The highest BCUT2D eigenvalue weighted by Gasteiger charge is 2.56. The fraction of sp³-hybridized carbons (Fsp3) is 0.529. The molecule has 1 aromatic carbocycles. The average Bonchev–Trinajstić information content (AvgIpc) is 3.11. The standard InChI is InChI=1S/C17H19F2NO5/c1-24-11-4-5-12(13(7-11)25-16(18)19)14(21)20-8-10-3-2-6-17(10,9-20)15(22)23/h4-5,7,10,16H,2-3,6,8-9H2,1H3,(H,22,23)/t10-,17+/m0/s1. The van der Waals surface area contributed by atoms with Crippen molar-refractivity contribution in [2.75, 3.05) is 20.2 Å². The lowest BCUT2D eigenvalue weighted by Crippen LogP contribution is -2.37. The maximum atomic E-state index is 12.8. The van der Waals surface area contributed by atoms with Gasteiger partial charge in [-0.25, -0.2) is 0 Å². The Hall–Kier alpha value is -2.38. The molecule has 136 valence electrons. The molecule has 2 atom stereocenters. The number of aliphatic carboxylic acids is 1. The Morgan fingerprint density at radius 1 is 1.40 bits per heavy atom. The van der Waals surface area contributed by atoms with Gasteiger partial charge in [-0.15, -0.1) is 0 Å². The van der Waals surface area contributed by atoms with Gasteiger partial charge in [0, 0.05) is 19.2 Å². The molecule has 6 nitrogen and oxygen atoms in total. The molecule has 1 aliphatic carbocycles. The van der Waals surface area contributed by atoms with E-state index in [1.807, 2.05) is 0 Å². The monoisotopic (exact) mass is 355 g/mol. The van der Waals surface area contributed by atoms with Gasteiger partial charge in [0.1, 0.15) is 11.5 Å². The summed E-state index contributed by atoms with van der Waals surface area (Å²) in [6.07, 6.45) is 2.10. The molecule has 1 saturated carbocycles. The number of alkyl halides is 2. The van der Waals surface area contributed by atoms with Crippen LogP contribution in [0, 0.1) is 11.3 Å². The van der Waals surface area contributed by atoms with Crippen LogP contribution in [-0.2, 0) is 4.79 Å². The van der Waals surface area contributed by atoms with Gasteiger partial charge in [0.2, 0.25) is 0 Å². The maximum Gasteiger partial charge on any atom is 0.387 e. The van der Waals surface area contributed by atoms with Gasteiger partial charge in [0.25, 0.3) is 5.91 Å². The lowest BCUT2D eigenvalue weighted by atomic mass is 9.81. The minimum atomic E-state index is -3.08. The highest BCUT2D eigenvalue weighted by Crippen LogP contribution is 2.49. The molecule has 1 N–H and O–H groups in total. The van der Waals surface area contributed by atoms with Crippen molar-refractivity contribution in [1.29, 1.82) is 0 Å². The summed E-state index contributed by atoms with van der Waals surface area (Å²) in [4.78, 5) is 26.0. The molecule has 1 amide bonds. The van der Waals surface area contributed by atoms with E-state index in [1.165, 1.54) is 30.2 Å². The third-order valence-electron chi connectivity index (χ3n) is 5.22. The van der Waals surface area contributed by atoms with Crippen LogP contribution < -0.4 is 9.47 Å². The third-order valence-corrected chi connectivity index (χ3v) is 5.22. The molecule has 0 bridgehead atoms. The number of amides is 1. The first-order valence-electron chi connectivity index (χ1n) is 8.03. The molecule has 1 heterocycles. The van der Waals surface area contributed by atoms with E-state index in [2.05, 4.69) is 4.74 Å². The normalized spacial score (nSPS) is 25.1. The predicted molar refractivity (Wildman–Crippen MR) is 82.9 cm³/mol. The number of ether oxygens (including phenoxy) is 2. The number of rotatable bonds is 5. The van der Waals surface area contributed by atoms with Crippen LogP contribution in [-0.4, -0.2) is 48.7 Å². The Kier molecular flexibility index (Phi) is 4.53. The van der Waals surface area contributed by atoms with E-state index in [9.17, 15) is 23.5 Å². The average molecular weight is 355 g/mol. The van der Waals surface area contributed by atoms with E-state index < -0.39 is 23.9 Å². The van der Waals surface area contributed by atoms with Gasteiger partial charge < -0.3 is 19.5 Å². The van der Waals surface area contributed by atoms with Crippen molar-refractivity contribution < 1.29 is 33.0 Å². The first kappa shape index (κ1) is 17.4. The second-order valence-corrected chi connectivity index (χ2v) is 6.48. The van der Waals surface area contributed by atoms with Gasteiger partial charge in [-0.1, -0.05) is 6.42 Å². The summed E-state index contributed by atoms with van der Waals surface area (Å²) in [6, 6.07) is 4.07. The van der Waals surface area contributed by atoms with Crippen LogP contribution in [0.4, 0.5) is 8.78 Å². The summed E-state index contributed by atoms with van der Waals surface area (Å²) in [7, 11) is 1.38. The van der Waals surface area contributed by atoms with E-state index in [-0.39, 0.29) is 29.5 Å². The first-order chi connectivity index (χ1) is 11.9. The fourth-order valence-electron chi connectivity index (χ4n) is 3.96. The summed E-state index contributed by atoms with van der Waals surface area (Å²) in [5.74, 6) is -1.50. The number of carboxylic acid groups (broad SMARTS) is 1. The van der Waals surface area contributed by atoms with Gasteiger partial charge >= 0.3 is 12.6 Å². The van der Waals surface area contributed by atoms with E-state index >= 15 is 0 Å². The molecule has 0 unspecified atom stereocenters. The van der Waals surface area contributed by atoms with Crippen molar-refractivity contribution in [2.45, 2.75) is 25.9 Å². The Balaban J connectivity index is 1.88. The smallest absolute Gasteiger partial charge is 0.387 e. The van der Waals surface area contributed by atoms with Crippen molar-refractivity contribution >= 4 is 11.9 Å². The second kappa shape index (κ2) is 6.50. The Bertz CT molecular complexity index is 696. The number of hydrogen-bond acceptors (Lipinski definition) is 4. The number of carboxylic acids is 1. The lowest BCUT2D eigenvalue weighted by Gasteiger charge is -2.23. The summed E-state index contributed by atoms with van der Waals surface area (Å²) >= 11 is 0. The van der Waals surface area contributed by atoms with Crippen molar-refractivity contribution in [3.05, 3.63) is 23.8 Å². The van der Waals surface area contributed by atoms with Crippen LogP contribution in [0.1, 0.15) is 29.6 Å². The number of nitrogens with zero attached hydrogens (tertiary/aromatic N) is 1. The summed E-state index contributed by atoms with van der Waals surface area (Å²) < 4.78 is 34.8. The molecule has 1 aliphatic heterocycles. The number of benzene rings is 1. The summed E-state index contributed by atoms with van der Waals surface area (Å²) in [5, 5.41) is 9.61. The Morgan fingerprint density at radius 3 is 2.76 bits per heavy atom. The van der Waals surface area contributed by atoms with Gasteiger partial charge in [-0.05, 0) is 30.9 Å². The molecule has 1 saturated heterocycles. The molecule has 2 aliphatic rings. The molecule has 0 aromatic heterocycles. The predicted octanol–water partition coefficient (Wildman–Crippen LogP) is 2.62. The zero-order valence-electron chi connectivity index (χ0n) is 13.7. The van der Waals surface area contributed by atoms with Crippen molar-refractivity contribution in [3.8, 4) is 11.5 Å².